The van der Waals surface area contributed by atoms with Gasteiger partial charge in [0.05, 0.1) is 6.04 Å². The van der Waals surface area contributed by atoms with Crippen LogP contribution in [-0.2, 0) is 31.2 Å². The van der Waals surface area contributed by atoms with Gasteiger partial charge in [-0.25, -0.2) is 14.0 Å². The zero-order chi connectivity index (χ0) is 18.7. The lowest BCUT2D eigenvalue weighted by Crippen LogP contribution is -2.28. The Balaban J connectivity index is 1.72. The molecule has 0 saturated carbocycles. The van der Waals surface area contributed by atoms with Gasteiger partial charge in [-0.2, -0.15) is 0 Å². The summed E-state index contributed by atoms with van der Waals surface area (Å²) in [6, 6.07) is 6.20. The number of carbonyl (C=O) groups excluding carboxylic acids is 1. The Morgan fingerprint density at radius 1 is 1.35 bits per heavy atom. The van der Waals surface area contributed by atoms with Gasteiger partial charge in [0.1, 0.15) is 6.61 Å². The lowest BCUT2D eigenvalue weighted by atomic mass is 10.0. The van der Waals surface area contributed by atoms with Crippen molar-refractivity contribution in [3.05, 3.63) is 35.5 Å². The standard InChI is InChI=1S/C17H24N3O5P/c1-20(26(22,23-2)24-3)7-6-13-10-18-16-5-4-12(9-15(13)16)8-14-11-25-17(21)19-14/h4-5,9-10,14,18H,6-8,11H2,1-3H3,(H,19,21). The van der Waals surface area contributed by atoms with Crippen LogP contribution in [0.5, 0.6) is 0 Å². The number of alkyl carbamates (subject to hydrolysis) is 1. The number of carbonyl (C=O) groups is 1. The van der Waals surface area contributed by atoms with Crippen molar-refractivity contribution < 1.29 is 23.1 Å². The van der Waals surface area contributed by atoms with E-state index in [1.807, 2.05) is 18.3 Å². The molecule has 2 N–H and O–H groups in total. The predicted molar refractivity (Wildman–Crippen MR) is 98.2 cm³/mol. The minimum atomic E-state index is -3.22. The minimum absolute atomic E-state index is 0.00256. The van der Waals surface area contributed by atoms with Gasteiger partial charge in [-0.3, -0.25) is 9.05 Å². The van der Waals surface area contributed by atoms with Crippen LogP contribution in [0.3, 0.4) is 0 Å². The van der Waals surface area contributed by atoms with E-state index in [4.69, 9.17) is 13.8 Å². The number of aromatic nitrogens is 1. The van der Waals surface area contributed by atoms with Crippen molar-refractivity contribution in [1.82, 2.24) is 15.0 Å². The van der Waals surface area contributed by atoms with E-state index in [0.717, 1.165) is 28.5 Å². The third kappa shape index (κ3) is 3.94. The second-order valence-corrected chi connectivity index (χ2v) is 8.65. The average molecular weight is 381 g/mol. The summed E-state index contributed by atoms with van der Waals surface area (Å²) < 4.78 is 28.9. The van der Waals surface area contributed by atoms with E-state index in [1.54, 1.807) is 11.7 Å². The van der Waals surface area contributed by atoms with Gasteiger partial charge in [0.2, 0.25) is 0 Å². The smallest absolute Gasteiger partial charge is 0.407 e. The zero-order valence-electron chi connectivity index (χ0n) is 15.2. The van der Waals surface area contributed by atoms with Gasteiger partial charge in [-0.15, -0.1) is 0 Å². The lowest BCUT2D eigenvalue weighted by molar-refractivity contribution is 0.177. The number of H-pyrrole nitrogens is 1. The Kier molecular flexibility index (Phi) is 5.67. The molecule has 8 nitrogen and oxygen atoms in total. The molecular formula is C17H24N3O5P. The number of cyclic esters (lactones) is 1. The van der Waals surface area contributed by atoms with Gasteiger partial charge in [-0.05, 0) is 43.1 Å². The van der Waals surface area contributed by atoms with Gasteiger partial charge in [0, 0.05) is 37.9 Å². The van der Waals surface area contributed by atoms with E-state index >= 15 is 0 Å². The van der Waals surface area contributed by atoms with Crippen LogP contribution in [0.2, 0.25) is 0 Å². The Morgan fingerprint density at radius 3 is 2.77 bits per heavy atom. The van der Waals surface area contributed by atoms with Gasteiger partial charge in [0.25, 0.3) is 0 Å². The number of hydrogen-bond donors (Lipinski definition) is 2. The van der Waals surface area contributed by atoms with E-state index in [9.17, 15) is 9.36 Å². The summed E-state index contributed by atoms with van der Waals surface area (Å²) in [6.45, 7) is 0.924. The van der Waals surface area contributed by atoms with E-state index in [2.05, 4.69) is 16.4 Å². The second kappa shape index (κ2) is 7.80. The van der Waals surface area contributed by atoms with Crippen molar-refractivity contribution in [2.45, 2.75) is 18.9 Å². The largest absolute Gasteiger partial charge is 0.447 e. The van der Waals surface area contributed by atoms with Crippen molar-refractivity contribution in [2.24, 2.45) is 0 Å². The van der Waals surface area contributed by atoms with Crippen molar-refractivity contribution in [3.63, 3.8) is 0 Å². The minimum Gasteiger partial charge on any atom is -0.447 e. The molecular weight excluding hydrogens is 357 g/mol. The van der Waals surface area contributed by atoms with Gasteiger partial charge in [-0.1, -0.05) is 6.07 Å². The van der Waals surface area contributed by atoms with Gasteiger partial charge < -0.3 is 15.0 Å². The maximum atomic E-state index is 12.4. The summed E-state index contributed by atoms with van der Waals surface area (Å²) in [6.07, 6.45) is 3.02. The highest BCUT2D eigenvalue weighted by molar-refractivity contribution is 7.51. The molecule has 1 fully saturated rings. The van der Waals surface area contributed by atoms with E-state index in [-0.39, 0.29) is 12.1 Å². The molecule has 1 atom stereocenters. The number of aromatic amines is 1. The maximum Gasteiger partial charge on any atom is 0.407 e. The van der Waals surface area contributed by atoms with Crippen LogP contribution in [-0.4, -0.2) is 56.2 Å². The summed E-state index contributed by atoms with van der Waals surface area (Å²) in [5.41, 5.74) is 3.29. The van der Waals surface area contributed by atoms with Crippen LogP contribution < -0.4 is 5.32 Å². The fraction of sp³-hybridized carbons (Fsp3) is 0.471. The number of nitrogens with zero attached hydrogens (tertiary/aromatic N) is 1. The SMILES string of the molecule is COP(=O)(OC)N(C)CCc1c[nH]c2ccc(CC3COC(=O)N3)cc12. The molecule has 2 heterocycles. The highest BCUT2D eigenvalue weighted by Crippen LogP contribution is 2.49. The number of hydrogen-bond acceptors (Lipinski definition) is 5. The van der Waals surface area contributed by atoms with Crippen LogP contribution >= 0.6 is 7.75 Å². The number of ether oxygens (including phenoxy) is 1. The quantitative estimate of drug-likeness (QED) is 0.683. The molecule has 1 amide bonds. The third-order valence-electron chi connectivity index (χ3n) is 4.64. The molecule has 0 bridgehead atoms. The number of fused-ring (bicyclic) bond motifs is 1. The molecule has 0 radical (unpaired) electrons. The first kappa shape index (κ1) is 18.9. The van der Waals surface area contributed by atoms with Crippen LogP contribution in [0, 0.1) is 0 Å². The first-order valence-corrected chi connectivity index (χ1v) is 9.90. The van der Waals surface area contributed by atoms with Crippen LogP contribution in [0.1, 0.15) is 11.1 Å². The number of likely N-dealkylation sites (N-methyl/N-ethyl adjacent to an activating group) is 1. The monoisotopic (exact) mass is 381 g/mol. The fourth-order valence-corrected chi connectivity index (χ4v) is 4.19. The molecule has 9 heteroatoms. The Bertz CT molecular complexity index is 829. The van der Waals surface area contributed by atoms with Crippen LogP contribution in [0.15, 0.2) is 24.4 Å². The lowest BCUT2D eigenvalue weighted by Gasteiger charge is -2.23. The summed E-state index contributed by atoms with van der Waals surface area (Å²) >= 11 is 0. The predicted octanol–water partition coefficient (Wildman–Crippen LogP) is 2.69. The molecule has 3 rings (SSSR count). The van der Waals surface area contributed by atoms with E-state index in [0.29, 0.717) is 19.6 Å². The summed E-state index contributed by atoms with van der Waals surface area (Å²) in [5.74, 6) is 0. The van der Waals surface area contributed by atoms with Crippen LogP contribution in [0.4, 0.5) is 4.79 Å². The molecule has 1 aliphatic heterocycles. The second-order valence-electron chi connectivity index (χ2n) is 6.30. The van der Waals surface area contributed by atoms with E-state index < -0.39 is 7.75 Å². The normalized spacial score (nSPS) is 17.7. The van der Waals surface area contributed by atoms with Crippen LogP contribution in [0.25, 0.3) is 10.9 Å². The molecule has 0 spiro atoms. The number of benzene rings is 1. The first-order valence-electron chi connectivity index (χ1n) is 8.40. The third-order valence-corrected chi connectivity index (χ3v) is 6.60. The topological polar surface area (TPSA) is 92.9 Å². The highest BCUT2D eigenvalue weighted by atomic mass is 31.2. The molecule has 1 saturated heterocycles. The van der Waals surface area contributed by atoms with Crippen molar-refractivity contribution in [1.29, 1.82) is 0 Å². The molecule has 0 aliphatic carbocycles. The maximum absolute atomic E-state index is 12.4. The molecule has 1 aromatic heterocycles. The number of rotatable bonds is 8. The summed E-state index contributed by atoms with van der Waals surface area (Å²) in [5, 5.41) is 3.91. The van der Waals surface area contributed by atoms with Crippen molar-refractivity contribution in [3.8, 4) is 0 Å². The van der Waals surface area contributed by atoms with Gasteiger partial charge in [0.15, 0.2) is 0 Å². The summed E-state index contributed by atoms with van der Waals surface area (Å²) in [4.78, 5) is 14.4. The summed E-state index contributed by atoms with van der Waals surface area (Å²) in [7, 11) is 1.26. The molecule has 26 heavy (non-hydrogen) atoms. The Morgan fingerprint density at radius 2 is 2.12 bits per heavy atom. The number of nitrogens with one attached hydrogen (secondary N) is 2. The average Bonchev–Trinajstić information content (AvgIpc) is 3.24. The highest BCUT2D eigenvalue weighted by Gasteiger charge is 2.27. The van der Waals surface area contributed by atoms with E-state index in [1.165, 1.54) is 14.2 Å². The van der Waals surface area contributed by atoms with Crippen molar-refractivity contribution in [2.75, 3.05) is 34.4 Å². The molecule has 2 aromatic rings. The zero-order valence-corrected chi connectivity index (χ0v) is 16.0. The molecule has 1 unspecified atom stereocenters. The van der Waals surface area contributed by atoms with Gasteiger partial charge >= 0.3 is 13.8 Å². The Hall–Kier alpha value is -1.86. The molecule has 1 aromatic carbocycles. The molecule has 1 aliphatic rings. The number of amides is 1. The Labute approximate surface area is 152 Å². The molecule has 142 valence electrons. The first-order chi connectivity index (χ1) is 12.4. The van der Waals surface area contributed by atoms with Crippen molar-refractivity contribution >= 4 is 24.7 Å². The fourth-order valence-electron chi connectivity index (χ4n) is 3.14.